The molecule has 32 heavy (non-hydrogen) atoms. The van der Waals surface area contributed by atoms with Gasteiger partial charge in [-0.15, -0.1) is 10.2 Å². The van der Waals surface area contributed by atoms with Gasteiger partial charge in [0.15, 0.2) is 11.0 Å². The molecule has 2 N–H and O–H groups in total. The number of anilines is 2. The van der Waals surface area contributed by atoms with E-state index in [-0.39, 0.29) is 17.3 Å². The van der Waals surface area contributed by atoms with E-state index < -0.39 is 17.6 Å². The van der Waals surface area contributed by atoms with Crippen molar-refractivity contribution in [3.63, 3.8) is 0 Å². The number of nitrogens with zero attached hydrogens (tertiary/aromatic N) is 3. The molecule has 3 rings (SSSR count). The first-order valence-electron chi connectivity index (χ1n) is 9.59. The predicted octanol–water partition coefficient (Wildman–Crippen LogP) is 4.67. The van der Waals surface area contributed by atoms with Crippen molar-refractivity contribution in [1.82, 2.24) is 14.8 Å². The van der Waals surface area contributed by atoms with Crippen LogP contribution in [0.5, 0.6) is 0 Å². The molecule has 3 aromatic rings. The van der Waals surface area contributed by atoms with Gasteiger partial charge in [-0.3, -0.25) is 9.59 Å². The zero-order chi connectivity index (χ0) is 23.3. The Balaban J connectivity index is 1.73. The van der Waals surface area contributed by atoms with E-state index in [1.165, 1.54) is 25.1 Å². The molecule has 168 valence electrons. The number of carbonyl (C=O) groups is 2. The number of benzene rings is 2. The number of nitrogens with one attached hydrogen (secondary N) is 2. The fraction of sp³-hybridized carbons (Fsp3) is 0.238. The maximum Gasteiger partial charge on any atom is 0.418 e. The third kappa shape index (κ3) is 5.67. The molecule has 0 radical (unpaired) electrons. The van der Waals surface area contributed by atoms with Gasteiger partial charge in [-0.1, -0.05) is 36.0 Å². The van der Waals surface area contributed by atoms with Gasteiger partial charge >= 0.3 is 6.18 Å². The summed E-state index contributed by atoms with van der Waals surface area (Å²) in [4.78, 5) is 23.6. The minimum atomic E-state index is -4.57. The molecular formula is C21H20F3N5O2S. The highest BCUT2D eigenvalue weighted by molar-refractivity contribution is 7.99. The number of aromatic nitrogens is 3. The van der Waals surface area contributed by atoms with Crippen molar-refractivity contribution in [2.24, 2.45) is 0 Å². The number of amides is 2. The first-order valence-corrected chi connectivity index (χ1v) is 10.6. The lowest BCUT2D eigenvalue weighted by Crippen LogP contribution is -2.18. The quantitative estimate of drug-likeness (QED) is 0.497. The molecule has 1 aromatic heterocycles. The summed E-state index contributed by atoms with van der Waals surface area (Å²) in [6.45, 7) is 3.80. The van der Waals surface area contributed by atoms with E-state index in [4.69, 9.17) is 0 Å². The van der Waals surface area contributed by atoms with Gasteiger partial charge in [0, 0.05) is 24.7 Å². The summed E-state index contributed by atoms with van der Waals surface area (Å²) in [5, 5.41) is 13.8. The van der Waals surface area contributed by atoms with Gasteiger partial charge < -0.3 is 15.2 Å². The van der Waals surface area contributed by atoms with Crippen LogP contribution in [0.4, 0.5) is 24.5 Å². The fourth-order valence-corrected chi connectivity index (χ4v) is 3.79. The maximum absolute atomic E-state index is 13.1. The molecule has 0 aliphatic rings. The SMILES string of the molecule is CCn1c(SCC(=O)Nc2ccccc2C(F)(F)F)nnc1-c1cccc(NC(C)=O)c1. The normalized spacial score (nSPS) is 11.3. The van der Waals surface area contributed by atoms with Crippen molar-refractivity contribution < 1.29 is 22.8 Å². The van der Waals surface area contributed by atoms with Crippen LogP contribution in [0, 0.1) is 0 Å². The van der Waals surface area contributed by atoms with Crippen LogP contribution in [0.2, 0.25) is 0 Å². The van der Waals surface area contributed by atoms with Gasteiger partial charge in [0.05, 0.1) is 17.0 Å². The number of rotatable bonds is 7. The fourth-order valence-electron chi connectivity index (χ4n) is 2.99. The Bertz CT molecular complexity index is 1130. The summed E-state index contributed by atoms with van der Waals surface area (Å²) in [5.41, 5.74) is 0.132. The van der Waals surface area contributed by atoms with Crippen molar-refractivity contribution in [1.29, 1.82) is 0 Å². The molecule has 0 bridgehead atoms. The van der Waals surface area contributed by atoms with Gasteiger partial charge in [-0.25, -0.2) is 0 Å². The molecule has 0 aliphatic carbocycles. The second-order valence-electron chi connectivity index (χ2n) is 6.69. The molecule has 0 spiro atoms. The number of thioether (sulfide) groups is 1. The van der Waals surface area contributed by atoms with Crippen LogP contribution in [0.3, 0.4) is 0 Å². The standard InChI is InChI=1S/C21H20F3N5O2S/c1-3-29-19(14-7-6-8-15(11-14)25-13(2)30)27-28-20(29)32-12-18(31)26-17-10-5-4-9-16(17)21(22,23)24/h4-11H,3,12H2,1-2H3,(H,25,30)(H,26,31). The first kappa shape index (κ1) is 23.3. The van der Waals surface area contributed by atoms with Gasteiger partial charge in [0.2, 0.25) is 11.8 Å². The zero-order valence-electron chi connectivity index (χ0n) is 17.2. The molecule has 0 fully saturated rings. The number of para-hydroxylation sites is 1. The number of hydrogen-bond donors (Lipinski definition) is 2. The average Bonchev–Trinajstić information content (AvgIpc) is 3.14. The van der Waals surface area contributed by atoms with Crippen molar-refractivity contribution in [3.05, 3.63) is 54.1 Å². The molecule has 11 heteroatoms. The Labute approximate surface area is 186 Å². The minimum absolute atomic E-state index is 0.143. The highest BCUT2D eigenvalue weighted by atomic mass is 32.2. The Morgan fingerprint density at radius 2 is 1.81 bits per heavy atom. The predicted molar refractivity (Wildman–Crippen MR) is 116 cm³/mol. The molecule has 2 amide bonds. The molecular weight excluding hydrogens is 443 g/mol. The van der Waals surface area contributed by atoms with Gasteiger partial charge in [-0.2, -0.15) is 13.2 Å². The monoisotopic (exact) mass is 463 g/mol. The number of hydrogen-bond acceptors (Lipinski definition) is 5. The Hall–Kier alpha value is -3.34. The second-order valence-corrected chi connectivity index (χ2v) is 7.64. The van der Waals surface area contributed by atoms with Crippen LogP contribution < -0.4 is 10.6 Å². The highest BCUT2D eigenvalue weighted by Crippen LogP contribution is 2.34. The van der Waals surface area contributed by atoms with Crippen LogP contribution >= 0.6 is 11.8 Å². The Kier molecular flexibility index (Phi) is 7.18. The third-order valence-electron chi connectivity index (χ3n) is 4.31. The van der Waals surface area contributed by atoms with E-state index in [0.717, 1.165) is 23.4 Å². The third-order valence-corrected chi connectivity index (χ3v) is 5.28. The number of carbonyl (C=O) groups excluding carboxylic acids is 2. The lowest BCUT2D eigenvalue weighted by Gasteiger charge is -2.13. The number of halogens is 3. The topological polar surface area (TPSA) is 88.9 Å². The average molecular weight is 463 g/mol. The molecule has 1 heterocycles. The Morgan fingerprint density at radius 3 is 2.50 bits per heavy atom. The second kappa shape index (κ2) is 9.86. The molecule has 7 nitrogen and oxygen atoms in total. The lowest BCUT2D eigenvalue weighted by atomic mass is 10.1. The lowest BCUT2D eigenvalue weighted by molar-refractivity contribution is -0.137. The summed E-state index contributed by atoms with van der Waals surface area (Å²) in [6.07, 6.45) is -4.57. The van der Waals surface area contributed by atoms with E-state index >= 15 is 0 Å². The van der Waals surface area contributed by atoms with Crippen molar-refractivity contribution in [2.75, 3.05) is 16.4 Å². The molecule has 0 unspecified atom stereocenters. The summed E-state index contributed by atoms with van der Waals surface area (Å²) in [7, 11) is 0. The van der Waals surface area contributed by atoms with E-state index in [1.54, 1.807) is 22.8 Å². The van der Waals surface area contributed by atoms with Crippen LogP contribution in [-0.2, 0) is 22.3 Å². The number of alkyl halides is 3. The van der Waals surface area contributed by atoms with Gasteiger partial charge in [0.25, 0.3) is 0 Å². The summed E-state index contributed by atoms with van der Waals surface area (Å²) in [5.74, 6) is -0.388. The van der Waals surface area contributed by atoms with Crippen LogP contribution in [-0.4, -0.2) is 32.3 Å². The smallest absolute Gasteiger partial charge is 0.326 e. The van der Waals surface area contributed by atoms with E-state index in [1.807, 2.05) is 13.0 Å². The van der Waals surface area contributed by atoms with E-state index in [2.05, 4.69) is 20.8 Å². The van der Waals surface area contributed by atoms with Crippen molar-refractivity contribution in [2.45, 2.75) is 31.7 Å². The van der Waals surface area contributed by atoms with Gasteiger partial charge in [-0.05, 0) is 31.2 Å². The molecule has 0 atom stereocenters. The van der Waals surface area contributed by atoms with Crippen LogP contribution in [0.25, 0.3) is 11.4 Å². The Morgan fingerprint density at radius 1 is 1.06 bits per heavy atom. The molecule has 0 saturated heterocycles. The largest absolute Gasteiger partial charge is 0.418 e. The summed E-state index contributed by atoms with van der Waals surface area (Å²) in [6, 6.07) is 11.9. The summed E-state index contributed by atoms with van der Waals surface area (Å²) >= 11 is 1.07. The maximum atomic E-state index is 13.1. The molecule has 0 saturated carbocycles. The first-order chi connectivity index (χ1) is 15.2. The molecule has 2 aromatic carbocycles. The highest BCUT2D eigenvalue weighted by Gasteiger charge is 2.33. The van der Waals surface area contributed by atoms with Crippen molar-refractivity contribution >= 4 is 35.0 Å². The summed E-state index contributed by atoms with van der Waals surface area (Å²) < 4.78 is 41.1. The van der Waals surface area contributed by atoms with E-state index in [0.29, 0.717) is 23.2 Å². The zero-order valence-corrected chi connectivity index (χ0v) is 18.0. The van der Waals surface area contributed by atoms with Crippen LogP contribution in [0.1, 0.15) is 19.4 Å². The van der Waals surface area contributed by atoms with Crippen LogP contribution in [0.15, 0.2) is 53.7 Å². The van der Waals surface area contributed by atoms with E-state index in [9.17, 15) is 22.8 Å². The van der Waals surface area contributed by atoms with Gasteiger partial charge in [0.1, 0.15) is 0 Å². The molecule has 0 aliphatic heterocycles. The van der Waals surface area contributed by atoms with Crippen molar-refractivity contribution in [3.8, 4) is 11.4 Å². The minimum Gasteiger partial charge on any atom is -0.326 e.